The summed E-state index contributed by atoms with van der Waals surface area (Å²) < 4.78 is 5.55. The average Bonchev–Trinajstić information content (AvgIpc) is 2.55. The lowest BCUT2D eigenvalue weighted by Gasteiger charge is -2.34. The van der Waals surface area contributed by atoms with E-state index in [1.807, 2.05) is 0 Å². The highest BCUT2D eigenvalue weighted by Gasteiger charge is 2.18. The number of aliphatic hydroxyl groups is 1. The van der Waals surface area contributed by atoms with E-state index in [1.54, 1.807) is 24.3 Å². The molecule has 0 amide bonds. The van der Waals surface area contributed by atoms with Crippen LogP contribution in [0.15, 0.2) is 24.3 Å². The van der Waals surface area contributed by atoms with Gasteiger partial charge in [-0.3, -0.25) is 9.80 Å². The van der Waals surface area contributed by atoms with Gasteiger partial charge in [-0.2, -0.15) is 5.26 Å². The molecular formula is C17H21N3O2. The molecule has 1 aromatic carbocycles. The minimum atomic E-state index is -0.533. The Bertz CT molecular complexity index is 537. The maximum absolute atomic E-state index is 10.1. The first-order valence-electron chi connectivity index (χ1n) is 7.40. The molecule has 1 unspecified atom stereocenters. The third-order valence-electron chi connectivity index (χ3n) is 3.67. The van der Waals surface area contributed by atoms with Crippen molar-refractivity contribution >= 4 is 0 Å². The predicted molar refractivity (Wildman–Crippen MR) is 84.4 cm³/mol. The largest absolute Gasteiger partial charge is 0.491 e. The van der Waals surface area contributed by atoms with E-state index in [2.05, 4.69) is 21.8 Å². The number of ether oxygens (including phenoxy) is 1. The first kappa shape index (κ1) is 16.3. The van der Waals surface area contributed by atoms with Gasteiger partial charge in [0.2, 0.25) is 0 Å². The average molecular weight is 299 g/mol. The fraction of sp³-hybridized carbons (Fsp3) is 0.471. The number of nitrogens with zero attached hydrogens (tertiary/aromatic N) is 3. The van der Waals surface area contributed by atoms with Crippen molar-refractivity contribution in [3.8, 4) is 24.2 Å². The van der Waals surface area contributed by atoms with Gasteiger partial charge in [0.15, 0.2) is 0 Å². The third kappa shape index (κ3) is 5.05. The van der Waals surface area contributed by atoms with Crippen LogP contribution in [0.3, 0.4) is 0 Å². The number of aliphatic hydroxyl groups excluding tert-OH is 1. The Morgan fingerprint density at radius 1 is 1.18 bits per heavy atom. The molecular weight excluding hydrogens is 278 g/mol. The van der Waals surface area contributed by atoms with E-state index in [9.17, 15) is 5.11 Å². The highest BCUT2D eigenvalue weighted by molar-refractivity contribution is 5.34. The number of hydrogen-bond acceptors (Lipinski definition) is 5. The molecule has 5 nitrogen and oxygen atoms in total. The van der Waals surface area contributed by atoms with Crippen molar-refractivity contribution in [2.75, 3.05) is 45.9 Å². The Hall–Kier alpha value is -2.05. The molecule has 5 heteroatoms. The SMILES string of the molecule is C#CCN1CCN(CC(O)COc2ccc(C#N)cc2)CC1. The van der Waals surface area contributed by atoms with Crippen LogP contribution in [0.5, 0.6) is 5.75 Å². The fourth-order valence-electron chi connectivity index (χ4n) is 2.43. The molecule has 0 bridgehead atoms. The van der Waals surface area contributed by atoms with Gasteiger partial charge in [-0.05, 0) is 24.3 Å². The van der Waals surface area contributed by atoms with Crippen molar-refractivity contribution in [1.29, 1.82) is 5.26 Å². The standard InChI is InChI=1S/C17H21N3O2/c1-2-7-19-8-10-20(11-9-19)13-16(21)14-22-17-5-3-15(12-18)4-6-17/h1,3-6,16,21H,7-11,13-14H2. The van der Waals surface area contributed by atoms with Crippen molar-refractivity contribution in [2.45, 2.75) is 6.10 Å². The lowest BCUT2D eigenvalue weighted by atomic mass is 10.2. The monoisotopic (exact) mass is 299 g/mol. The van der Waals surface area contributed by atoms with Gasteiger partial charge in [0.05, 0.1) is 18.2 Å². The third-order valence-corrected chi connectivity index (χ3v) is 3.67. The number of terminal acetylenes is 1. The summed E-state index contributed by atoms with van der Waals surface area (Å²) in [5.74, 6) is 3.32. The smallest absolute Gasteiger partial charge is 0.119 e. The summed E-state index contributed by atoms with van der Waals surface area (Å²) in [4.78, 5) is 4.45. The number of rotatable bonds is 6. The van der Waals surface area contributed by atoms with Gasteiger partial charge >= 0.3 is 0 Å². The van der Waals surface area contributed by atoms with E-state index in [0.29, 0.717) is 24.4 Å². The number of piperazine rings is 1. The molecule has 1 heterocycles. The van der Waals surface area contributed by atoms with Gasteiger partial charge in [-0.15, -0.1) is 6.42 Å². The summed E-state index contributed by atoms with van der Waals surface area (Å²) in [6.07, 6.45) is 4.78. The van der Waals surface area contributed by atoms with Crippen LogP contribution < -0.4 is 4.74 Å². The lowest BCUT2D eigenvalue weighted by molar-refractivity contribution is 0.0485. The topological polar surface area (TPSA) is 59.7 Å². The first-order valence-corrected chi connectivity index (χ1v) is 7.40. The van der Waals surface area contributed by atoms with Crippen LogP contribution in [0.25, 0.3) is 0 Å². The van der Waals surface area contributed by atoms with Gasteiger partial charge in [0.25, 0.3) is 0 Å². The zero-order valence-corrected chi connectivity index (χ0v) is 12.6. The predicted octanol–water partition coefficient (Wildman–Crippen LogP) is 0.549. The van der Waals surface area contributed by atoms with Gasteiger partial charge < -0.3 is 9.84 Å². The van der Waals surface area contributed by atoms with Crippen LogP contribution in [0.1, 0.15) is 5.56 Å². The van der Waals surface area contributed by atoms with Gasteiger partial charge in [-0.1, -0.05) is 5.92 Å². The first-order chi connectivity index (χ1) is 10.7. The molecule has 0 radical (unpaired) electrons. The molecule has 22 heavy (non-hydrogen) atoms. The summed E-state index contributed by atoms with van der Waals surface area (Å²) in [5.41, 5.74) is 0.595. The summed E-state index contributed by atoms with van der Waals surface area (Å²) in [6, 6.07) is 8.94. The quantitative estimate of drug-likeness (QED) is 0.777. The maximum atomic E-state index is 10.1. The van der Waals surface area contributed by atoms with E-state index in [1.165, 1.54) is 0 Å². The second kappa shape index (κ2) is 8.41. The Balaban J connectivity index is 1.69. The van der Waals surface area contributed by atoms with Crippen molar-refractivity contribution in [1.82, 2.24) is 9.80 Å². The van der Waals surface area contributed by atoms with Gasteiger partial charge in [-0.25, -0.2) is 0 Å². The zero-order chi connectivity index (χ0) is 15.8. The Morgan fingerprint density at radius 3 is 2.41 bits per heavy atom. The second-order valence-electron chi connectivity index (χ2n) is 5.38. The van der Waals surface area contributed by atoms with Gasteiger partial charge in [0.1, 0.15) is 18.5 Å². The number of benzene rings is 1. The number of nitriles is 1. The molecule has 1 saturated heterocycles. The highest BCUT2D eigenvalue weighted by Crippen LogP contribution is 2.12. The second-order valence-corrected chi connectivity index (χ2v) is 5.38. The van der Waals surface area contributed by atoms with Gasteiger partial charge in [0, 0.05) is 32.7 Å². The normalized spacial score (nSPS) is 17.4. The summed E-state index contributed by atoms with van der Waals surface area (Å²) in [5, 5.41) is 18.8. The zero-order valence-electron chi connectivity index (χ0n) is 12.6. The number of β-amino-alcohol motifs (C(OH)–C–C–N with tert-alkyl or cyclic N) is 1. The molecule has 1 aliphatic heterocycles. The molecule has 0 saturated carbocycles. The minimum Gasteiger partial charge on any atom is -0.491 e. The lowest BCUT2D eigenvalue weighted by Crippen LogP contribution is -2.49. The molecule has 1 atom stereocenters. The summed E-state index contributed by atoms with van der Waals surface area (Å²) in [7, 11) is 0. The van der Waals surface area contributed by atoms with E-state index in [0.717, 1.165) is 26.2 Å². The van der Waals surface area contributed by atoms with Crippen molar-refractivity contribution in [3.05, 3.63) is 29.8 Å². The maximum Gasteiger partial charge on any atom is 0.119 e. The Kier molecular flexibility index (Phi) is 6.24. The van der Waals surface area contributed by atoms with Crippen LogP contribution in [0.4, 0.5) is 0 Å². The van der Waals surface area contributed by atoms with Crippen LogP contribution in [0, 0.1) is 23.7 Å². The van der Waals surface area contributed by atoms with E-state index in [-0.39, 0.29) is 6.61 Å². The molecule has 0 aliphatic carbocycles. The molecule has 1 fully saturated rings. The van der Waals surface area contributed by atoms with E-state index >= 15 is 0 Å². The van der Waals surface area contributed by atoms with Crippen LogP contribution in [0.2, 0.25) is 0 Å². The van der Waals surface area contributed by atoms with Crippen molar-refractivity contribution in [2.24, 2.45) is 0 Å². The van der Waals surface area contributed by atoms with E-state index < -0.39 is 6.10 Å². The molecule has 1 N–H and O–H groups in total. The van der Waals surface area contributed by atoms with Crippen molar-refractivity contribution < 1.29 is 9.84 Å². The number of hydrogen-bond donors (Lipinski definition) is 1. The Labute approximate surface area is 131 Å². The van der Waals surface area contributed by atoms with Crippen LogP contribution in [-0.2, 0) is 0 Å². The van der Waals surface area contributed by atoms with Crippen molar-refractivity contribution in [3.63, 3.8) is 0 Å². The molecule has 116 valence electrons. The molecule has 0 spiro atoms. The summed E-state index contributed by atoms with van der Waals surface area (Å²) >= 11 is 0. The molecule has 0 aromatic heterocycles. The molecule has 2 rings (SSSR count). The molecule has 1 aliphatic rings. The van der Waals surface area contributed by atoms with E-state index in [4.69, 9.17) is 16.4 Å². The summed E-state index contributed by atoms with van der Waals surface area (Å²) in [6.45, 7) is 5.24. The molecule has 1 aromatic rings. The minimum absolute atomic E-state index is 0.246. The highest BCUT2D eigenvalue weighted by atomic mass is 16.5. The Morgan fingerprint density at radius 2 is 1.82 bits per heavy atom. The van der Waals surface area contributed by atoms with Crippen LogP contribution in [-0.4, -0.2) is 66.9 Å². The van der Waals surface area contributed by atoms with Crippen LogP contribution >= 0.6 is 0 Å². The fourth-order valence-corrected chi connectivity index (χ4v) is 2.43.